The minimum atomic E-state index is -0.596. The molecular formula is C14H13FN2O3. The number of nitrogens with zero attached hydrogens (tertiary/aromatic N) is 2. The lowest BCUT2D eigenvalue weighted by atomic mass is 10.2. The maximum atomic E-state index is 12.9. The van der Waals surface area contributed by atoms with Gasteiger partial charge in [0.15, 0.2) is 5.69 Å². The molecule has 104 valence electrons. The molecule has 0 amide bonds. The number of benzene rings is 1. The molecule has 5 nitrogen and oxygen atoms in total. The van der Waals surface area contributed by atoms with Crippen LogP contribution in [0.1, 0.15) is 23.0 Å². The second-order valence-corrected chi connectivity index (χ2v) is 4.12. The number of hydrogen-bond acceptors (Lipinski definition) is 4. The molecule has 0 aliphatic heterocycles. The second kappa shape index (κ2) is 5.64. The van der Waals surface area contributed by atoms with Gasteiger partial charge in [-0.1, -0.05) is 0 Å². The van der Waals surface area contributed by atoms with Gasteiger partial charge in [-0.05, 0) is 43.7 Å². The third kappa shape index (κ3) is 2.74. The van der Waals surface area contributed by atoms with Crippen LogP contribution in [0.2, 0.25) is 0 Å². The molecule has 0 atom stereocenters. The van der Waals surface area contributed by atoms with E-state index in [-0.39, 0.29) is 12.3 Å². The predicted octanol–water partition coefficient (Wildman–Crippen LogP) is 1.86. The molecule has 0 fully saturated rings. The number of halogens is 1. The van der Waals surface area contributed by atoms with Gasteiger partial charge in [-0.25, -0.2) is 9.18 Å². The summed E-state index contributed by atoms with van der Waals surface area (Å²) < 4.78 is 18.8. The van der Waals surface area contributed by atoms with E-state index in [1.807, 2.05) is 0 Å². The molecule has 0 radical (unpaired) electrons. The van der Waals surface area contributed by atoms with Crippen LogP contribution in [0.25, 0.3) is 5.69 Å². The average molecular weight is 276 g/mol. The Labute approximate surface area is 114 Å². The molecule has 0 N–H and O–H groups in total. The van der Waals surface area contributed by atoms with Crippen molar-refractivity contribution in [1.29, 1.82) is 0 Å². The molecule has 0 aliphatic rings. The SMILES string of the molecule is CCOC(=O)c1nn(-c2ccc(F)cc2)c(=O)cc1C. The molecule has 1 heterocycles. The smallest absolute Gasteiger partial charge is 0.359 e. The van der Waals surface area contributed by atoms with Crippen LogP contribution in [0, 0.1) is 12.7 Å². The van der Waals surface area contributed by atoms with Crippen molar-refractivity contribution in [3.63, 3.8) is 0 Å². The fourth-order valence-electron chi connectivity index (χ4n) is 1.71. The zero-order valence-corrected chi connectivity index (χ0v) is 11.1. The summed E-state index contributed by atoms with van der Waals surface area (Å²) in [7, 11) is 0. The van der Waals surface area contributed by atoms with Gasteiger partial charge < -0.3 is 4.74 Å². The van der Waals surface area contributed by atoms with Gasteiger partial charge in [0.25, 0.3) is 5.56 Å². The molecule has 0 saturated heterocycles. The van der Waals surface area contributed by atoms with Gasteiger partial charge in [0.05, 0.1) is 12.3 Å². The first kappa shape index (κ1) is 13.9. The van der Waals surface area contributed by atoms with Crippen molar-refractivity contribution in [2.75, 3.05) is 6.61 Å². The van der Waals surface area contributed by atoms with Gasteiger partial charge in [-0.3, -0.25) is 4.79 Å². The minimum Gasteiger partial charge on any atom is -0.461 e. The summed E-state index contributed by atoms with van der Waals surface area (Å²) >= 11 is 0. The van der Waals surface area contributed by atoms with E-state index >= 15 is 0 Å². The van der Waals surface area contributed by atoms with Crippen molar-refractivity contribution in [3.05, 3.63) is 57.8 Å². The van der Waals surface area contributed by atoms with Gasteiger partial charge in [0.2, 0.25) is 0 Å². The summed E-state index contributed by atoms with van der Waals surface area (Å²) in [5.41, 5.74) is 0.478. The summed E-state index contributed by atoms with van der Waals surface area (Å²) in [6, 6.07) is 6.55. The summed E-state index contributed by atoms with van der Waals surface area (Å²) in [6.45, 7) is 3.51. The van der Waals surface area contributed by atoms with Crippen LogP contribution < -0.4 is 5.56 Å². The third-order valence-electron chi connectivity index (χ3n) is 2.66. The van der Waals surface area contributed by atoms with Gasteiger partial charge in [0.1, 0.15) is 5.82 Å². The lowest BCUT2D eigenvalue weighted by molar-refractivity contribution is 0.0516. The van der Waals surface area contributed by atoms with Crippen LogP contribution in [0.5, 0.6) is 0 Å². The molecule has 1 aromatic carbocycles. The van der Waals surface area contributed by atoms with Gasteiger partial charge in [-0.2, -0.15) is 9.78 Å². The number of aryl methyl sites for hydroxylation is 1. The van der Waals surface area contributed by atoms with E-state index in [0.717, 1.165) is 4.68 Å². The normalized spacial score (nSPS) is 10.3. The molecule has 2 aromatic rings. The molecular weight excluding hydrogens is 263 g/mol. The molecule has 1 aromatic heterocycles. The predicted molar refractivity (Wildman–Crippen MR) is 70.5 cm³/mol. The highest BCUT2D eigenvalue weighted by Crippen LogP contribution is 2.08. The topological polar surface area (TPSA) is 61.2 Å². The van der Waals surface area contributed by atoms with Gasteiger partial charge in [-0.15, -0.1) is 0 Å². The standard InChI is InChI=1S/C14H13FN2O3/c1-3-20-14(19)13-9(2)8-12(18)17(16-13)11-6-4-10(15)5-7-11/h4-8H,3H2,1-2H3. The number of hydrogen-bond donors (Lipinski definition) is 0. The van der Waals surface area contributed by atoms with Crippen molar-refractivity contribution < 1.29 is 13.9 Å². The monoisotopic (exact) mass is 276 g/mol. The molecule has 0 saturated carbocycles. The molecule has 2 rings (SSSR count). The van der Waals surface area contributed by atoms with E-state index < -0.39 is 17.3 Å². The van der Waals surface area contributed by atoms with E-state index in [1.54, 1.807) is 13.8 Å². The molecule has 0 aliphatic carbocycles. The van der Waals surface area contributed by atoms with Crippen LogP contribution in [0.15, 0.2) is 35.1 Å². The summed E-state index contributed by atoms with van der Waals surface area (Å²) in [5.74, 6) is -1.01. The highest BCUT2D eigenvalue weighted by molar-refractivity contribution is 5.88. The van der Waals surface area contributed by atoms with Crippen molar-refractivity contribution in [2.24, 2.45) is 0 Å². The van der Waals surface area contributed by atoms with Crippen LogP contribution in [0.3, 0.4) is 0 Å². The number of ether oxygens (including phenoxy) is 1. The van der Waals surface area contributed by atoms with E-state index in [0.29, 0.717) is 11.3 Å². The van der Waals surface area contributed by atoms with Gasteiger partial charge >= 0.3 is 5.97 Å². The summed E-state index contributed by atoms with van der Waals surface area (Å²) in [6.07, 6.45) is 0. The first-order valence-corrected chi connectivity index (χ1v) is 6.07. The lowest BCUT2D eigenvalue weighted by Crippen LogP contribution is -2.25. The Morgan fingerprint density at radius 3 is 2.60 bits per heavy atom. The van der Waals surface area contributed by atoms with E-state index in [1.165, 1.54) is 30.3 Å². The molecule has 20 heavy (non-hydrogen) atoms. The third-order valence-corrected chi connectivity index (χ3v) is 2.66. The fraction of sp³-hybridized carbons (Fsp3) is 0.214. The molecule has 0 unspecified atom stereocenters. The number of esters is 1. The van der Waals surface area contributed by atoms with Crippen molar-refractivity contribution in [2.45, 2.75) is 13.8 Å². The highest BCUT2D eigenvalue weighted by Gasteiger charge is 2.15. The number of carbonyl (C=O) groups is 1. The second-order valence-electron chi connectivity index (χ2n) is 4.12. The maximum Gasteiger partial charge on any atom is 0.359 e. The van der Waals surface area contributed by atoms with Crippen molar-refractivity contribution in [1.82, 2.24) is 9.78 Å². The average Bonchev–Trinajstić information content (AvgIpc) is 2.40. The van der Waals surface area contributed by atoms with E-state index in [4.69, 9.17) is 4.74 Å². The van der Waals surface area contributed by atoms with E-state index in [9.17, 15) is 14.0 Å². The Kier molecular flexibility index (Phi) is 3.93. The highest BCUT2D eigenvalue weighted by atomic mass is 19.1. The lowest BCUT2D eigenvalue weighted by Gasteiger charge is -2.09. The Morgan fingerprint density at radius 2 is 2.00 bits per heavy atom. The van der Waals surface area contributed by atoms with E-state index in [2.05, 4.69) is 5.10 Å². The summed E-state index contributed by atoms with van der Waals surface area (Å²) in [5, 5.41) is 4.00. The van der Waals surface area contributed by atoms with Crippen LogP contribution in [0.4, 0.5) is 4.39 Å². The quantitative estimate of drug-likeness (QED) is 0.803. The van der Waals surface area contributed by atoms with Crippen LogP contribution in [-0.4, -0.2) is 22.4 Å². The zero-order chi connectivity index (χ0) is 14.7. The van der Waals surface area contributed by atoms with Crippen LogP contribution in [-0.2, 0) is 4.74 Å². The molecule has 0 bridgehead atoms. The maximum absolute atomic E-state index is 12.9. The Balaban J connectivity index is 2.54. The number of aromatic nitrogens is 2. The zero-order valence-electron chi connectivity index (χ0n) is 11.1. The Hall–Kier alpha value is -2.50. The molecule has 0 spiro atoms. The van der Waals surface area contributed by atoms with Gasteiger partial charge in [0, 0.05) is 6.07 Å². The number of rotatable bonds is 3. The number of carbonyl (C=O) groups excluding carboxylic acids is 1. The first-order chi connectivity index (χ1) is 9.52. The van der Waals surface area contributed by atoms with Crippen LogP contribution >= 0.6 is 0 Å². The largest absolute Gasteiger partial charge is 0.461 e. The minimum absolute atomic E-state index is 0.0655. The fourth-order valence-corrected chi connectivity index (χ4v) is 1.71. The Morgan fingerprint density at radius 1 is 1.35 bits per heavy atom. The van der Waals surface area contributed by atoms with Crippen molar-refractivity contribution >= 4 is 5.97 Å². The molecule has 6 heteroatoms. The first-order valence-electron chi connectivity index (χ1n) is 6.07. The summed E-state index contributed by atoms with van der Waals surface area (Å²) in [4.78, 5) is 23.7. The van der Waals surface area contributed by atoms with Crippen molar-refractivity contribution in [3.8, 4) is 5.69 Å². The Bertz CT molecular complexity index is 693.